The lowest BCUT2D eigenvalue weighted by atomic mass is 10.0. The van der Waals surface area contributed by atoms with Crippen molar-refractivity contribution in [2.75, 3.05) is 34.5 Å². The Bertz CT molecular complexity index is 770. The van der Waals surface area contributed by atoms with Crippen LogP contribution in [0.2, 0.25) is 0 Å². The summed E-state index contributed by atoms with van der Waals surface area (Å²) in [6.45, 7) is 6.56. The van der Waals surface area contributed by atoms with Crippen molar-refractivity contribution in [2.45, 2.75) is 45.7 Å². The third kappa shape index (κ3) is 4.12. The molecule has 1 aliphatic rings. The van der Waals surface area contributed by atoms with Crippen LogP contribution in [0.25, 0.3) is 11.5 Å². The van der Waals surface area contributed by atoms with E-state index in [2.05, 4.69) is 4.90 Å². The highest BCUT2D eigenvalue weighted by Crippen LogP contribution is 2.38. The lowest BCUT2D eigenvalue weighted by Crippen LogP contribution is -2.41. The standard InChI is InChI=1S/C21H30N2O4/c1-14-19(25-4)10-9-17(20(14)26-5)21-22-18(15(2)27-21)12-23-11-7-6-8-16(23)13-24-3/h9-10,16H,6-8,11-13H2,1-5H3/t16-/m1/s1. The van der Waals surface area contributed by atoms with Crippen molar-refractivity contribution >= 4 is 0 Å². The van der Waals surface area contributed by atoms with Gasteiger partial charge in [-0.05, 0) is 45.4 Å². The zero-order valence-corrected chi connectivity index (χ0v) is 17.0. The third-order valence-electron chi connectivity index (χ3n) is 5.36. The van der Waals surface area contributed by atoms with E-state index in [9.17, 15) is 0 Å². The highest BCUT2D eigenvalue weighted by Gasteiger charge is 2.25. The summed E-state index contributed by atoms with van der Waals surface area (Å²) >= 11 is 0. The van der Waals surface area contributed by atoms with Crippen LogP contribution in [0, 0.1) is 13.8 Å². The summed E-state index contributed by atoms with van der Waals surface area (Å²) in [6, 6.07) is 4.31. The lowest BCUT2D eigenvalue weighted by Gasteiger charge is -2.34. The SMILES string of the molecule is COC[C@H]1CCCCN1Cc1nc(-c2ccc(OC)c(C)c2OC)oc1C. The molecule has 2 aromatic rings. The van der Waals surface area contributed by atoms with Crippen LogP contribution in [0.4, 0.5) is 0 Å². The van der Waals surface area contributed by atoms with Gasteiger partial charge in [0.05, 0.1) is 32.1 Å². The minimum Gasteiger partial charge on any atom is -0.496 e. The summed E-state index contributed by atoms with van der Waals surface area (Å²) in [7, 11) is 5.08. The van der Waals surface area contributed by atoms with Gasteiger partial charge in [0.2, 0.25) is 5.89 Å². The number of benzene rings is 1. The molecule has 0 saturated carbocycles. The van der Waals surface area contributed by atoms with Crippen LogP contribution >= 0.6 is 0 Å². The highest BCUT2D eigenvalue weighted by molar-refractivity contribution is 5.68. The molecule has 0 bridgehead atoms. The summed E-state index contributed by atoms with van der Waals surface area (Å²) in [5.74, 6) is 2.96. The summed E-state index contributed by atoms with van der Waals surface area (Å²) < 4.78 is 22.4. The number of hydrogen-bond acceptors (Lipinski definition) is 6. The van der Waals surface area contributed by atoms with E-state index in [4.69, 9.17) is 23.6 Å². The first-order valence-corrected chi connectivity index (χ1v) is 9.50. The Morgan fingerprint density at radius 3 is 2.67 bits per heavy atom. The average molecular weight is 374 g/mol. The maximum atomic E-state index is 6.02. The van der Waals surface area contributed by atoms with E-state index in [0.29, 0.717) is 11.9 Å². The molecule has 1 saturated heterocycles. The first-order chi connectivity index (χ1) is 13.1. The van der Waals surface area contributed by atoms with Gasteiger partial charge in [-0.2, -0.15) is 0 Å². The molecule has 1 atom stereocenters. The Hall–Kier alpha value is -2.05. The fourth-order valence-corrected chi connectivity index (χ4v) is 3.86. The molecule has 2 heterocycles. The van der Waals surface area contributed by atoms with Crippen LogP contribution in [0.3, 0.4) is 0 Å². The second-order valence-electron chi connectivity index (χ2n) is 7.07. The van der Waals surface area contributed by atoms with Crippen molar-refractivity contribution in [3.63, 3.8) is 0 Å². The smallest absolute Gasteiger partial charge is 0.230 e. The van der Waals surface area contributed by atoms with Crippen molar-refractivity contribution in [1.82, 2.24) is 9.88 Å². The molecule has 0 spiro atoms. The van der Waals surface area contributed by atoms with Crippen molar-refractivity contribution in [1.29, 1.82) is 0 Å². The Balaban J connectivity index is 1.87. The number of ether oxygens (including phenoxy) is 3. The molecule has 0 radical (unpaired) electrons. The van der Waals surface area contributed by atoms with Gasteiger partial charge < -0.3 is 18.6 Å². The number of piperidine rings is 1. The minimum absolute atomic E-state index is 0.445. The van der Waals surface area contributed by atoms with Crippen LogP contribution in [0.1, 0.15) is 36.3 Å². The highest BCUT2D eigenvalue weighted by atomic mass is 16.5. The topological polar surface area (TPSA) is 57.0 Å². The Kier molecular flexibility index (Phi) is 6.39. The molecule has 0 aliphatic carbocycles. The molecule has 6 nitrogen and oxygen atoms in total. The fraction of sp³-hybridized carbons (Fsp3) is 0.571. The molecule has 148 valence electrons. The third-order valence-corrected chi connectivity index (χ3v) is 5.36. The second-order valence-corrected chi connectivity index (χ2v) is 7.07. The number of aromatic nitrogens is 1. The zero-order chi connectivity index (χ0) is 19.4. The van der Waals surface area contributed by atoms with Gasteiger partial charge in [0.25, 0.3) is 0 Å². The van der Waals surface area contributed by atoms with Gasteiger partial charge in [-0.15, -0.1) is 0 Å². The quantitative estimate of drug-likeness (QED) is 0.731. The summed E-state index contributed by atoms with van der Waals surface area (Å²) in [6.07, 6.45) is 3.65. The normalized spacial score (nSPS) is 17.9. The maximum absolute atomic E-state index is 6.02. The molecule has 0 amide bonds. The number of oxazole rings is 1. The summed E-state index contributed by atoms with van der Waals surface area (Å²) in [4.78, 5) is 7.26. The lowest BCUT2D eigenvalue weighted by molar-refractivity contribution is 0.0590. The molecule has 3 rings (SSSR count). The van der Waals surface area contributed by atoms with Crippen LogP contribution in [0.5, 0.6) is 11.5 Å². The number of likely N-dealkylation sites (tertiary alicyclic amines) is 1. The van der Waals surface area contributed by atoms with Crippen molar-refractivity contribution in [3.8, 4) is 23.0 Å². The van der Waals surface area contributed by atoms with Gasteiger partial charge in [0, 0.05) is 25.3 Å². The van der Waals surface area contributed by atoms with Gasteiger partial charge in [-0.1, -0.05) is 6.42 Å². The van der Waals surface area contributed by atoms with E-state index in [-0.39, 0.29) is 0 Å². The average Bonchev–Trinajstić information content (AvgIpc) is 3.03. The number of aryl methyl sites for hydroxylation is 1. The Labute approximate surface area is 161 Å². The van der Waals surface area contributed by atoms with Crippen molar-refractivity contribution in [3.05, 3.63) is 29.2 Å². The molecule has 1 aromatic heterocycles. The number of nitrogens with zero attached hydrogens (tertiary/aromatic N) is 2. The summed E-state index contributed by atoms with van der Waals surface area (Å²) in [5, 5.41) is 0. The zero-order valence-electron chi connectivity index (χ0n) is 17.0. The largest absolute Gasteiger partial charge is 0.496 e. The second kappa shape index (κ2) is 8.76. The van der Waals surface area contributed by atoms with Gasteiger partial charge >= 0.3 is 0 Å². The molecule has 1 aliphatic heterocycles. The Morgan fingerprint density at radius 1 is 1.15 bits per heavy atom. The van der Waals surface area contributed by atoms with Gasteiger partial charge in [0.1, 0.15) is 17.3 Å². The van der Waals surface area contributed by atoms with E-state index in [1.807, 2.05) is 26.0 Å². The number of rotatable bonds is 7. The van der Waals surface area contributed by atoms with E-state index >= 15 is 0 Å². The summed E-state index contributed by atoms with van der Waals surface area (Å²) in [5.41, 5.74) is 2.76. The Morgan fingerprint density at radius 2 is 1.96 bits per heavy atom. The fourth-order valence-electron chi connectivity index (χ4n) is 3.86. The molecular weight excluding hydrogens is 344 g/mol. The first kappa shape index (κ1) is 19.7. The van der Waals surface area contributed by atoms with Crippen LogP contribution in [-0.2, 0) is 11.3 Å². The van der Waals surface area contributed by atoms with Gasteiger partial charge in [0.15, 0.2) is 0 Å². The molecule has 1 aromatic carbocycles. The van der Waals surface area contributed by atoms with Crippen molar-refractivity contribution in [2.24, 2.45) is 0 Å². The molecule has 0 unspecified atom stereocenters. The predicted molar refractivity (Wildman–Crippen MR) is 104 cm³/mol. The van der Waals surface area contributed by atoms with E-state index < -0.39 is 0 Å². The molecule has 27 heavy (non-hydrogen) atoms. The van der Waals surface area contributed by atoms with Crippen molar-refractivity contribution < 1.29 is 18.6 Å². The predicted octanol–water partition coefficient (Wildman–Crippen LogP) is 3.98. The molecule has 1 fully saturated rings. The van der Waals surface area contributed by atoms with E-state index in [0.717, 1.165) is 53.8 Å². The van der Waals surface area contributed by atoms with Crippen LogP contribution in [0.15, 0.2) is 16.5 Å². The van der Waals surface area contributed by atoms with Gasteiger partial charge in [-0.3, -0.25) is 4.90 Å². The molecule has 6 heteroatoms. The molecular formula is C21H30N2O4. The monoisotopic (exact) mass is 374 g/mol. The number of hydrogen-bond donors (Lipinski definition) is 0. The number of methoxy groups -OCH3 is 3. The first-order valence-electron chi connectivity index (χ1n) is 9.50. The molecule has 0 N–H and O–H groups in total. The van der Waals surface area contributed by atoms with Crippen LogP contribution < -0.4 is 9.47 Å². The maximum Gasteiger partial charge on any atom is 0.230 e. The van der Waals surface area contributed by atoms with Gasteiger partial charge in [-0.25, -0.2) is 4.98 Å². The van der Waals surface area contributed by atoms with E-state index in [1.54, 1.807) is 21.3 Å². The minimum atomic E-state index is 0.445. The van der Waals surface area contributed by atoms with Crippen LogP contribution in [-0.4, -0.2) is 50.4 Å². The van der Waals surface area contributed by atoms with E-state index in [1.165, 1.54) is 19.3 Å².